The zero-order valence-corrected chi connectivity index (χ0v) is 19.8. The highest BCUT2D eigenvalue weighted by molar-refractivity contribution is 14.0. The van der Waals surface area contributed by atoms with Gasteiger partial charge in [0.2, 0.25) is 10.0 Å². The fourth-order valence-electron chi connectivity index (χ4n) is 2.57. The summed E-state index contributed by atoms with van der Waals surface area (Å²) in [5.74, 6) is 0.790. The molecule has 0 radical (unpaired) electrons. The van der Waals surface area contributed by atoms with E-state index in [2.05, 4.69) is 47.6 Å². The van der Waals surface area contributed by atoms with Crippen LogP contribution in [0.1, 0.15) is 27.7 Å². The molecule has 1 fully saturated rings. The molecule has 0 aromatic carbocycles. The Balaban J connectivity index is 0.00000312. The second-order valence-electron chi connectivity index (χ2n) is 6.96. The third-order valence-corrected chi connectivity index (χ3v) is 8.05. The average molecular weight is 521 g/mol. The summed E-state index contributed by atoms with van der Waals surface area (Å²) < 4.78 is 27.5. The van der Waals surface area contributed by atoms with Gasteiger partial charge in [-0.25, -0.2) is 13.1 Å². The summed E-state index contributed by atoms with van der Waals surface area (Å²) in [4.78, 5) is 6.51. The Labute approximate surface area is 176 Å². The molecular weight excluding hydrogens is 495 g/mol. The van der Waals surface area contributed by atoms with Crippen molar-refractivity contribution in [2.75, 3.05) is 26.7 Å². The van der Waals surface area contributed by atoms with Crippen LogP contribution in [0.3, 0.4) is 0 Å². The lowest BCUT2D eigenvalue weighted by atomic mass is 9.65. The molecule has 144 valence electrons. The number of nitrogens with zero attached hydrogens (tertiary/aromatic N) is 2. The second-order valence-corrected chi connectivity index (χ2v) is 10.7. The van der Waals surface area contributed by atoms with Gasteiger partial charge in [-0.1, -0.05) is 25.4 Å². The van der Waals surface area contributed by atoms with Crippen LogP contribution in [0.15, 0.2) is 21.3 Å². The molecule has 2 N–H and O–H groups in total. The van der Waals surface area contributed by atoms with Gasteiger partial charge in [-0.3, -0.25) is 4.99 Å². The highest BCUT2D eigenvalue weighted by atomic mass is 127. The van der Waals surface area contributed by atoms with E-state index >= 15 is 0 Å². The molecular formula is C15H26ClIN4O2S2. The van der Waals surface area contributed by atoms with Crippen molar-refractivity contribution in [1.29, 1.82) is 0 Å². The van der Waals surface area contributed by atoms with Crippen LogP contribution in [-0.4, -0.2) is 51.5 Å². The first-order chi connectivity index (χ1) is 11.0. The van der Waals surface area contributed by atoms with Gasteiger partial charge in [0.05, 0.1) is 4.34 Å². The van der Waals surface area contributed by atoms with Crippen molar-refractivity contribution in [1.82, 2.24) is 14.9 Å². The van der Waals surface area contributed by atoms with Crippen LogP contribution in [0.4, 0.5) is 0 Å². The third-order valence-electron chi connectivity index (χ3n) is 4.87. The summed E-state index contributed by atoms with van der Waals surface area (Å²) in [6, 6.07) is 3.08. The van der Waals surface area contributed by atoms with E-state index in [1.807, 2.05) is 0 Å². The first kappa shape index (κ1) is 22.9. The third kappa shape index (κ3) is 4.79. The lowest BCUT2D eigenvalue weighted by Gasteiger charge is -2.62. The Morgan fingerprint density at radius 2 is 1.96 bits per heavy atom. The highest BCUT2D eigenvalue weighted by Gasteiger charge is 2.53. The molecule has 0 aliphatic carbocycles. The van der Waals surface area contributed by atoms with Gasteiger partial charge in [0.1, 0.15) is 4.21 Å². The van der Waals surface area contributed by atoms with E-state index in [0.717, 1.165) is 23.8 Å². The van der Waals surface area contributed by atoms with Gasteiger partial charge in [-0.15, -0.1) is 35.3 Å². The molecule has 0 unspecified atom stereocenters. The Morgan fingerprint density at radius 1 is 1.32 bits per heavy atom. The number of guanidine groups is 1. The van der Waals surface area contributed by atoms with Gasteiger partial charge < -0.3 is 10.2 Å². The molecule has 1 saturated heterocycles. The first-order valence-electron chi connectivity index (χ1n) is 7.74. The quantitative estimate of drug-likeness (QED) is 0.271. The second kappa shape index (κ2) is 8.28. The average Bonchev–Trinajstić information content (AvgIpc) is 2.93. The molecule has 1 aliphatic rings. The Hall–Kier alpha value is -0.100. The first-order valence-corrected chi connectivity index (χ1v) is 10.4. The van der Waals surface area contributed by atoms with Crippen LogP contribution in [-0.2, 0) is 10.0 Å². The van der Waals surface area contributed by atoms with Crippen LogP contribution < -0.4 is 10.0 Å². The largest absolute Gasteiger partial charge is 0.355 e. The topological polar surface area (TPSA) is 73.8 Å². The maximum absolute atomic E-state index is 12.1. The van der Waals surface area contributed by atoms with E-state index in [1.165, 1.54) is 6.07 Å². The summed E-state index contributed by atoms with van der Waals surface area (Å²) in [6.07, 6.45) is 0. The molecule has 0 atom stereocenters. The van der Waals surface area contributed by atoms with Crippen LogP contribution in [0.25, 0.3) is 0 Å². The number of rotatable bonds is 5. The molecule has 6 nitrogen and oxygen atoms in total. The lowest BCUT2D eigenvalue weighted by molar-refractivity contribution is -0.0666. The number of sulfonamides is 1. The van der Waals surface area contributed by atoms with Gasteiger partial charge in [0.15, 0.2) is 5.96 Å². The van der Waals surface area contributed by atoms with Crippen molar-refractivity contribution in [2.45, 2.75) is 37.4 Å². The monoisotopic (exact) mass is 520 g/mol. The van der Waals surface area contributed by atoms with E-state index in [0.29, 0.717) is 10.9 Å². The molecule has 0 bridgehead atoms. The van der Waals surface area contributed by atoms with E-state index in [1.54, 1.807) is 13.1 Å². The normalized spacial score (nSPS) is 19.1. The number of aliphatic imine (C=N–C) groups is 1. The van der Waals surface area contributed by atoms with Crippen molar-refractivity contribution in [3.63, 3.8) is 0 Å². The van der Waals surface area contributed by atoms with Gasteiger partial charge in [0, 0.05) is 37.6 Å². The van der Waals surface area contributed by atoms with Gasteiger partial charge >= 0.3 is 0 Å². The van der Waals surface area contributed by atoms with Crippen molar-refractivity contribution < 1.29 is 8.42 Å². The minimum Gasteiger partial charge on any atom is -0.355 e. The van der Waals surface area contributed by atoms with Gasteiger partial charge in [0.25, 0.3) is 0 Å². The molecule has 2 rings (SSSR count). The minimum absolute atomic E-state index is 0. The van der Waals surface area contributed by atoms with E-state index < -0.39 is 10.0 Å². The summed E-state index contributed by atoms with van der Waals surface area (Å²) in [7, 11) is -1.77. The van der Waals surface area contributed by atoms with Gasteiger partial charge in [-0.2, -0.15) is 0 Å². The molecule has 25 heavy (non-hydrogen) atoms. The molecule has 1 aromatic rings. The molecule has 0 amide bonds. The minimum atomic E-state index is -3.51. The highest BCUT2D eigenvalue weighted by Crippen LogP contribution is 2.46. The fourth-order valence-corrected chi connectivity index (χ4v) is 5.13. The van der Waals surface area contributed by atoms with Crippen molar-refractivity contribution in [2.24, 2.45) is 10.4 Å². The standard InChI is InChI=1S/C15H25ClN4O2S2.HI/c1-14(2)10-20(15(14,3)4)13(17-5)18-8-9-19-24(21,22)12-7-6-11(16)23-12;/h6-7,19H,8-10H2,1-5H3,(H,17,18);1H. The Bertz CT molecular complexity index is 732. The molecule has 2 heterocycles. The van der Waals surface area contributed by atoms with E-state index in [9.17, 15) is 8.42 Å². The van der Waals surface area contributed by atoms with Gasteiger partial charge in [-0.05, 0) is 26.0 Å². The lowest BCUT2D eigenvalue weighted by Crippen LogP contribution is -2.72. The van der Waals surface area contributed by atoms with Crippen LogP contribution in [0, 0.1) is 5.41 Å². The number of hydrogen-bond donors (Lipinski definition) is 2. The van der Waals surface area contributed by atoms with Crippen LogP contribution in [0.5, 0.6) is 0 Å². The number of thiophene rings is 1. The number of nitrogens with one attached hydrogen (secondary N) is 2. The zero-order valence-electron chi connectivity index (χ0n) is 15.1. The fraction of sp³-hybridized carbons (Fsp3) is 0.667. The predicted octanol–water partition coefficient (Wildman–Crippen LogP) is 2.99. The Morgan fingerprint density at radius 3 is 2.40 bits per heavy atom. The molecule has 0 saturated carbocycles. The molecule has 1 aliphatic heterocycles. The van der Waals surface area contributed by atoms with Crippen molar-refractivity contribution in [3.8, 4) is 0 Å². The molecule has 0 spiro atoms. The zero-order chi connectivity index (χ0) is 18.2. The smallest absolute Gasteiger partial charge is 0.250 e. The Kier molecular flexibility index (Phi) is 7.60. The summed E-state index contributed by atoms with van der Waals surface area (Å²) in [5, 5.41) is 3.22. The van der Waals surface area contributed by atoms with E-state index in [-0.39, 0.29) is 45.7 Å². The van der Waals surface area contributed by atoms with Crippen LogP contribution >= 0.6 is 46.9 Å². The molecule has 10 heteroatoms. The molecule has 1 aromatic heterocycles. The maximum atomic E-state index is 12.1. The summed E-state index contributed by atoms with van der Waals surface area (Å²) in [6.45, 7) is 10.5. The number of likely N-dealkylation sites (tertiary alicyclic amines) is 1. The van der Waals surface area contributed by atoms with E-state index in [4.69, 9.17) is 11.6 Å². The van der Waals surface area contributed by atoms with Crippen molar-refractivity contribution >= 4 is 62.9 Å². The number of halogens is 2. The van der Waals surface area contributed by atoms with Crippen LogP contribution in [0.2, 0.25) is 4.34 Å². The summed E-state index contributed by atoms with van der Waals surface area (Å²) in [5.41, 5.74) is 0.215. The SMILES string of the molecule is CN=C(NCCNS(=O)(=O)c1ccc(Cl)s1)N1CC(C)(C)C1(C)C.I. The number of hydrogen-bond acceptors (Lipinski definition) is 4. The summed E-state index contributed by atoms with van der Waals surface area (Å²) >= 11 is 6.83. The predicted molar refractivity (Wildman–Crippen MR) is 116 cm³/mol. The van der Waals surface area contributed by atoms with Crippen molar-refractivity contribution in [3.05, 3.63) is 16.5 Å². The maximum Gasteiger partial charge on any atom is 0.250 e.